The number of rotatable bonds is 2. The van der Waals surface area contributed by atoms with Crippen molar-refractivity contribution in [1.29, 1.82) is 0 Å². The zero-order valence-corrected chi connectivity index (χ0v) is 10.8. The van der Waals surface area contributed by atoms with E-state index in [1.54, 1.807) is 6.20 Å². The third kappa shape index (κ3) is 2.55. The molecule has 88 valence electrons. The first-order valence-electron chi connectivity index (χ1n) is 5.85. The molecule has 1 aromatic heterocycles. The summed E-state index contributed by atoms with van der Waals surface area (Å²) in [4.78, 5) is 2.38. The van der Waals surface area contributed by atoms with Crippen molar-refractivity contribution in [2.24, 2.45) is 0 Å². The molecule has 0 unspecified atom stereocenters. The second-order valence-electron chi connectivity index (χ2n) is 4.88. The number of thiol groups is 1. The third-order valence-electron chi connectivity index (χ3n) is 3.20. The lowest BCUT2D eigenvalue weighted by Gasteiger charge is -2.44. The van der Waals surface area contributed by atoms with E-state index >= 15 is 0 Å². The lowest BCUT2D eigenvalue weighted by Crippen LogP contribution is -2.44. The summed E-state index contributed by atoms with van der Waals surface area (Å²) in [6.45, 7) is 5.43. The minimum absolute atomic E-state index is 0.0750. The predicted octanol–water partition coefficient (Wildman–Crippen LogP) is 2.67. The summed E-state index contributed by atoms with van der Waals surface area (Å²) in [5.74, 6) is 0. The third-order valence-corrected chi connectivity index (χ3v) is 3.45. The van der Waals surface area contributed by atoms with Gasteiger partial charge in [0.05, 0.1) is 11.1 Å². The topological polar surface area (TPSA) is 29.0 Å². The minimum Gasteiger partial charge on any atom is -0.282 e. The molecular weight excluding hydrogens is 218 g/mol. The molecule has 2 heterocycles. The molecule has 0 N–H and O–H groups in total. The van der Waals surface area contributed by atoms with Gasteiger partial charge in [-0.1, -0.05) is 6.42 Å². The van der Waals surface area contributed by atoms with Gasteiger partial charge in [0.1, 0.15) is 0 Å². The first-order chi connectivity index (χ1) is 7.59. The van der Waals surface area contributed by atoms with Crippen LogP contribution in [0.2, 0.25) is 0 Å². The van der Waals surface area contributed by atoms with E-state index in [2.05, 4.69) is 35.0 Å². The van der Waals surface area contributed by atoms with Crippen molar-refractivity contribution in [3.8, 4) is 0 Å². The molecule has 1 atom stereocenters. The molecule has 16 heavy (non-hydrogen) atoms. The maximum atomic E-state index is 4.70. The lowest BCUT2D eigenvalue weighted by molar-refractivity contribution is 0.0941. The fourth-order valence-electron chi connectivity index (χ4n) is 2.43. The molecule has 0 saturated carbocycles. The average Bonchev–Trinajstić information content (AvgIpc) is 2.29. The molecular formula is C12H19N3S. The van der Waals surface area contributed by atoms with Crippen LogP contribution in [-0.2, 0) is 0 Å². The Morgan fingerprint density at radius 3 is 2.81 bits per heavy atom. The summed E-state index contributed by atoms with van der Waals surface area (Å²) in [6.07, 6.45) is 7.39. The Balaban J connectivity index is 2.24. The largest absolute Gasteiger partial charge is 0.282 e. The van der Waals surface area contributed by atoms with Crippen LogP contribution in [0.15, 0.2) is 18.5 Å². The number of hydrogen-bond acceptors (Lipinski definition) is 4. The molecule has 0 bridgehead atoms. The van der Waals surface area contributed by atoms with Gasteiger partial charge in [0.2, 0.25) is 0 Å². The summed E-state index contributed by atoms with van der Waals surface area (Å²) in [6, 6.07) is 2.51. The lowest BCUT2D eigenvalue weighted by atomic mass is 9.95. The van der Waals surface area contributed by atoms with Crippen molar-refractivity contribution in [1.82, 2.24) is 15.1 Å². The number of nitrogens with zero attached hydrogens (tertiary/aromatic N) is 3. The predicted molar refractivity (Wildman–Crippen MR) is 68.4 cm³/mol. The summed E-state index contributed by atoms with van der Waals surface area (Å²) >= 11 is 4.70. The van der Waals surface area contributed by atoms with Crippen LogP contribution >= 0.6 is 12.6 Å². The van der Waals surface area contributed by atoms with E-state index in [4.69, 9.17) is 12.6 Å². The molecule has 0 amide bonds. The fourth-order valence-corrected chi connectivity index (χ4v) is 2.67. The maximum Gasteiger partial charge on any atom is 0.0588 e. The van der Waals surface area contributed by atoms with Gasteiger partial charge in [0.25, 0.3) is 0 Å². The molecule has 1 fully saturated rings. The van der Waals surface area contributed by atoms with Crippen LogP contribution in [0.3, 0.4) is 0 Å². The van der Waals surface area contributed by atoms with Gasteiger partial charge in [-0.05, 0) is 38.3 Å². The average molecular weight is 237 g/mol. The first-order valence-corrected chi connectivity index (χ1v) is 6.29. The summed E-state index contributed by atoms with van der Waals surface area (Å²) in [7, 11) is 0. The molecule has 3 nitrogen and oxygen atoms in total. The highest BCUT2D eigenvalue weighted by molar-refractivity contribution is 7.81. The summed E-state index contributed by atoms with van der Waals surface area (Å²) in [5, 5.41) is 7.81. The van der Waals surface area contributed by atoms with Crippen molar-refractivity contribution >= 4 is 12.6 Å². The standard InChI is InChI=1S/C12H19N3S/c1-12(2,16)15-8-4-3-5-11(15)10-6-7-13-14-9-10/h6-7,9,11,16H,3-5,8H2,1-2H3/t11-/m1/s1. The van der Waals surface area contributed by atoms with Crippen LogP contribution in [0, 0.1) is 0 Å². The van der Waals surface area contributed by atoms with Crippen LogP contribution in [0.25, 0.3) is 0 Å². The van der Waals surface area contributed by atoms with Gasteiger partial charge >= 0.3 is 0 Å². The van der Waals surface area contributed by atoms with Gasteiger partial charge in [-0.25, -0.2) is 0 Å². The molecule has 1 saturated heterocycles. The number of aromatic nitrogens is 2. The van der Waals surface area contributed by atoms with Crippen LogP contribution in [-0.4, -0.2) is 26.5 Å². The Kier molecular flexibility index (Phi) is 3.50. The maximum absolute atomic E-state index is 4.70. The molecule has 0 aliphatic carbocycles. The zero-order valence-electron chi connectivity index (χ0n) is 9.93. The highest BCUT2D eigenvalue weighted by Crippen LogP contribution is 2.37. The Morgan fingerprint density at radius 2 is 2.19 bits per heavy atom. The van der Waals surface area contributed by atoms with Crippen molar-refractivity contribution in [2.45, 2.75) is 44.0 Å². The number of hydrogen-bond donors (Lipinski definition) is 1. The van der Waals surface area contributed by atoms with E-state index in [1.165, 1.54) is 24.8 Å². The van der Waals surface area contributed by atoms with Crippen LogP contribution < -0.4 is 0 Å². The van der Waals surface area contributed by atoms with E-state index < -0.39 is 0 Å². The SMILES string of the molecule is CC(C)(S)N1CCCC[C@@H]1c1ccnnc1. The second-order valence-corrected chi connectivity index (χ2v) is 5.97. The molecule has 0 spiro atoms. The second kappa shape index (κ2) is 4.72. The fraction of sp³-hybridized carbons (Fsp3) is 0.667. The van der Waals surface area contributed by atoms with Crippen molar-refractivity contribution < 1.29 is 0 Å². The van der Waals surface area contributed by atoms with Gasteiger partial charge in [0, 0.05) is 18.8 Å². The van der Waals surface area contributed by atoms with Gasteiger partial charge in [0.15, 0.2) is 0 Å². The van der Waals surface area contributed by atoms with E-state index in [-0.39, 0.29) is 4.87 Å². The van der Waals surface area contributed by atoms with Gasteiger partial charge in [-0.2, -0.15) is 22.8 Å². The first kappa shape index (κ1) is 11.9. The van der Waals surface area contributed by atoms with Gasteiger partial charge < -0.3 is 0 Å². The van der Waals surface area contributed by atoms with Crippen LogP contribution in [0.1, 0.15) is 44.7 Å². The number of piperidine rings is 1. The van der Waals surface area contributed by atoms with Gasteiger partial charge in [-0.3, -0.25) is 4.90 Å². The Bertz CT molecular complexity index is 334. The van der Waals surface area contributed by atoms with Crippen LogP contribution in [0.5, 0.6) is 0 Å². The Hall–Kier alpha value is -0.610. The molecule has 0 aromatic carbocycles. The monoisotopic (exact) mass is 237 g/mol. The van der Waals surface area contributed by atoms with Crippen LogP contribution in [0.4, 0.5) is 0 Å². The normalized spacial score (nSPS) is 23.3. The molecule has 2 rings (SSSR count). The van der Waals surface area contributed by atoms with E-state index in [0.717, 1.165) is 6.54 Å². The zero-order chi connectivity index (χ0) is 11.6. The quantitative estimate of drug-likeness (QED) is 0.802. The summed E-state index contributed by atoms with van der Waals surface area (Å²) in [5.41, 5.74) is 1.26. The molecule has 1 aliphatic heterocycles. The highest BCUT2D eigenvalue weighted by Gasteiger charge is 2.32. The van der Waals surface area contributed by atoms with E-state index in [1.807, 2.05) is 6.20 Å². The minimum atomic E-state index is -0.0750. The highest BCUT2D eigenvalue weighted by atomic mass is 32.1. The smallest absolute Gasteiger partial charge is 0.0588 e. The van der Waals surface area contributed by atoms with Crippen molar-refractivity contribution in [2.75, 3.05) is 6.54 Å². The molecule has 1 aromatic rings. The Labute approximate surface area is 103 Å². The van der Waals surface area contributed by atoms with E-state index in [9.17, 15) is 0 Å². The van der Waals surface area contributed by atoms with E-state index in [0.29, 0.717) is 6.04 Å². The van der Waals surface area contributed by atoms with Crippen molar-refractivity contribution in [3.63, 3.8) is 0 Å². The van der Waals surface area contributed by atoms with Crippen molar-refractivity contribution in [3.05, 3.63) is 24.0 Å². The molecule has 0 radical (unpaired) electrons. The van der Waals surface area contributed by atoms with Gasteiger partial charge in [-0.15, -0.1) is 0 Å². The molecule has 1 aliphatic rings. The summed E-state index contributed by atoms with van der Waals surface area (Å²) < 4.78 is 0. The number of likely N-dealkylation sites (tertiary alicyclic amines) is 1. The molecule has 4 heteroatoms. The Morgan fingerprint density at radius 1 is 1.38 bits per heavy atom.